The van der Waals surface area contributed by atoms with Gasteiger partial charge in [-0.15, -0.1) is 0 Å². The summed E-state index contributed by atoms with van der Waals surface area (Å²) in [7, 11) is 0. The molecule has 0 aliphatic heterocycles. The van der Waals surface area contributed by atoms with Crippen molar-refractivity contribution >= 4 is 23.2 Å². The summed E-state index contributed by atoms with van der Waals surface area (Å²) in [6, 6.07) is 10.9. The van der Waals surface area contributed by atoms with Crippen molar-refractivity contribution in [2.75, 3.05) is 23.3 Å². The number of benzene rings is 2. The summed E-state index contributed by atoms with van der Waals surface area (Å²) in [5, 5.41) is 4.95. The van der Waals surface area contributed by atoms with Gasteiger partial charge in [-0.05, 0) is 44.5 Å². The minimum Gasteiger partial charge on any atom is -0.360 e. The van der Waals surface area contributed by atoms with Crippen LogP contribution in [-0.4, -0.2) is 30.9 Å². The van der Waals surface area contributed by atoms with Crippen LogP contribution < -0.4 is 15.5 Å². The van der Waals surface area contributed by atoms with E-state index in [1.165, 1.54) is 6.07 Å². The molecule has 0 saturated carbocycles. The van der Waals surface area contributed by atoms with Gasteiger partial charge in [0.15, 0.2) is 11.6 Å². The summed E-state index contributed by atoms with van der Waals surface area (Å²) in [6.45, 7) is 5.77. The predicted octanol–water partition coefficient (Wildman–Crippen LogP) is 3.24. The fourth-order valence-corrected chi connectivity index (χ4v) is 2.60. The number of para-hydroxylation sites is 1. The first-order valence-electron chi connectivity index (χ1n) is 8.61. The Morgan fingerprint density at radius 3 is 2.37 bits per heavy atom. The molecule has 0 heterocycles. The Hall–Kier alpha value is -2.96. The topological polar surface area (TPSA) is 61.4 Å². The molecule has 0 aliphatic rings. The minimum absolute atomic E-state index is 0.0906. The molecule has 0 atom stereocenters. The molecule has 2 N–H and O–H groups in total. The first-order valence-corrected chi connectivity index (χ1v) is 8.61. The summed E-state index contributed by atoms with van der Waals surface area (Å²) in [5.41, 5.74) is 2.13. The summed E-state index contributed by atoms with van der Waals surface area (Å²) < 4.78 is 26.1. The lowest BCUT2D eigenvalue weighted by atomic mass is 10.1. The van der Waals surface area contributed by atoms with Gasteiger partial charge in [-0.3, -0.25) is 9.59 Å². The highest BCUT2D eigenvalue weighted by molar-refractivity contribution is 5.95. The van der Waals surface area contributed by atoms with E-state index in [0.717, 1.165) is 23.4 Å². The maximum Gasteiger partial charge on any atom is 0.243 e. The number of rotatable bonds is 7. The van der Waals surface area contributed by atoms with Crippen LogP contribution in [-0.2, 0) is 9.59 Å². The third-order valence-corrected chi connectivity index (χ3v) is 4.01. The van der Waals surface area contributed by atoms with Crippen LogP contribution in [0.15, 0.2) is 42.5 Å². The first kappa shape index (κ1) is 20.4. The number of anilines is 2. The minimum atomic E-state index is -1.05. The van der Waals surface area contributed by atoms with Crippen LogP contribution in [0.2, 0.25) is 0 Å². The van der Waals surface area contributed by atoms with E-state index in [2.05, 4.69) is 10.6 Å². The Kier molecular flexibility index (Phi) is 6.87. The van der Waals surface area contributed by atoms with Crippen molar-refractivity contribution in [3.8, 4) is 0 Å². The highest BCUT2D eigenvalue weighted by Gasteiger charge is 2.17. The maximum atomic E-state index is 13.2. The fourth-order valence-electron chi connectivity index (χ4n) is 2.60. The van der Waals surface area contributed by atoms with Crippen LogP contribution in [0, 0.1) is 18.6 Å². The molecule has 0 saturated heterocycles. The second-order valence-electron chi connectivity index (χ2n) is 6.46. The number of carbonyl (C=O) groups is 2. The Labute approximate surface area is 157 Å². The zero-order valence-corrected chi connectivity index (χ0v) is 15.6. The zero-order chi connectivity index (χ0) is 20.0. The van der Waals surface area contributed by atoms with Crippen molar-refractivity contribution < 1.29 is 18.4 Å². The smallest absolute Gasteiger partial charge is 0.243 e. The van der Waals surface area contributed by atoms with Gasteiger partial charge in [-0.1, -0.05) is 18.2 Å². The average Bonchev–Trinajstić information content (AvgIpc) is 2.61. The van der Waals surface area contributed by atoms with Crippen LogP contribution in [0.25, 0.3) is 0 Å². The van der Waals surface area contributed by atoms with Crippen LogP contribution in [0.4, 0.5) is 20.2 Å². The molecular weight excluding hydrogens is 352 g/mol. The van der Waals surface area contributed by atoms with Crippen LogP contribution in [0.5, 0.6) is 0 Å². The van der Waals surface area contributed by atoms with E-state index >= 15 is 0 Å². The van der Waals surface area contributed by atoms with Crippen LogP contribution in [0.1, 0.15) is 19.4 Å². The first-order chi connectivity index (χ1) is 12.8. The van der Waals surface area contributed by atoms with Gasteiger partial charge in [0, 0.05) is 23.5 Å². The standard InChI is InChI=1S/C20H23F2N3O2/c1-13(2)25(18-7-5-4-6-14(18)3)12-20(27)23-11-19(26)24-15-8-9-16(21)17(22)10-15/h4-10,13H,11-12H2,1-3H3,(H,23,27)(H,24,26). The molecule has 5 nitrogen and oxygen atoms in total. The molecule has 0 radical (unpaired) electrons. The van der Waals surface area contributed by atoms with E-state index in [9.17, 15) is 18.4 Å². The van der Waals surface area contributed by atoms with E-state index in [0.29, 0.717) is 0 Å². The summed E-state index contributed by atoms with van der Waals surface area (Å²) in [4.78, 5) is 26.1. The van der Waals surface area contributed by atoms with Crippen molar-refractivity contribution in [3.05, 3.63) is 59.7 Å². The lowest BCUT2D eigenvalue weighted by molar-refractivity contribution is -0.123. The molecule has 2 amide bonds. The molecule has 0 unspecified atom stereocenters. The second kappa shape index (κ2) is 9.12. The normalized spacial score (nSPS) is 10.6. The van der Waals surface area contributed by atoms with E-state index in [-0.39, 0.29) is 30.7 Å². The van der Waals surface area contributed by atoms with Gasteiger partial charge in [0.05, 0.1) is 13.1 Å². The molecule has 0 bridgehead atoms. The number of hydrogen-bond acceptors (Lipinski definition) is 3. The highest BCUT2D eigenvalue weighted by atomic mass is 19.2. The Morgan fingerprint density at radius 2 is 1.74 bits per heavy atom. The van der Waals surface area contributed by atoms with Gasteiger partial charge in [-0.25, -0.2) is 8.78 Å². The fraction of sp³-hybridized carbons (Fsp3) is 0.300. The number of halogens is 2. The molecule has 27 heavy (non-hydrogen) atoms. The lowest BCUT2D eigenvalue weighted by Crippen LogP contribution is -2.43. The average molecular weight is 375 g/mol. The third kappa shape index (κ3) is 5.77. The van der Waals surface area contributed by atoms with Gasteiger partial charge in [-0.2, -0.15) is 0 Å². The highest BCUT2D eigenvalue weighted by Crippen LogP contribution is 2.21. The lowest BCUT2D eigenvalue weighted by Gasteiger charge is -2.29. The van der Waals surface area contributed by atoms with Crippen molar-refractivity contribution in [3.63, 3.8) is 0 Å². The molecule has 0 aliphatic carbocycles. The van der Waals surface area contributed by atoms with Crippen LogP contribution >= 0.6 is 0 Å². The Morgan fingerprint density at radius 1 is 1.04 bits per heavy atom. The van der Waals surface area contributed by atoms with Gasteiger partial charge in [0.25, 0.3) is 0 Å². The van der Waals surface area contributed by atoms with Crippen molar-refractivity contribution in [2.45, 2.75) is 26.8 Å². The Balaban J connectivity index is 1.91. The molecule has 2 aromatic carbocycles. The summed E-state index contributed by atoms with van der Waals surface area (Å²) in [6.07, 6.45) is 0. The monoisotopic (exact) mass is 375 g/mol. The predicted molar refractivity (Wildman–Crippen MR) is 102 cm³/mol. The molecule has 7 heteroatoms. The molecule has 2 aromatic rings. The van der Waals surface area contributed by atoms with Crippen LogP contribution in [0.3, 0.4) is 0 Å². The number of nitrogens with zero attached hydrogens (tertiary/aromatic N) is 1. The molecule has 0 aromatic heterocycles. The van der Waals surface area contributed by atoms with E-state index in [1.807, 2.05) is 49.9 Å². The molecule has 2 rings (SSSR count). The van der Waals surface area contributed by atoms with Gasteiger partial charge in [0.2, 0.25) is 11.8 Å². The van der Waals surface area contributed by atoms with E-state index < -0.39 is 17.5 Å². The zero-order valence-electron chi connectivity index (χ0n) is 15.6. The molecular formula is C20H23F2N3O2. The van der Waals surface area contributed by atoms with Gasteiger partial charge in [0.1, 0.15) is 0 Å². The van der Waals surface area contributed by atoms with Gasteiger partial charge >= 0.3 is 0 Å². The van der Waals surface area contributed by atoms with Crippen molar-refractivity contribution in [1.82, 2.24) is 5.32 Å². The number of hydrogen-bond donors (Lipinski definition) is 2. The Bertz CT molecular complexity index is 825. The quantitative estimate of drug-likeness (QED) is 0.781. The molecule has 144 valence electrons. The second-order valence-corrected chi connectivity index (χ2v) is 6.46. The van der Waals surface area contributed by atoms with Crippen molar-refractivity contribution in [1.29, 1.82) is 0 Å². The number of nitrogens with one attached hydrogen (secondary N) is 2. The van der Waals surface area contributed by atoms with E-state index in [1.54, 1.807) is 0 Å². The SMILES string of the molecule is Cc1ccccc1N(CC(=O)NCC(=O)Nc1ccc(F)c(F)c1)C(C)C. The van der Waals surface area contributed by atoms with Crippen molar-refractivity contribution in [2.24, 2.45) is 0 Å². The number of amides is 2. The van der Waals surface area contributed by atoms with Gasteiger partial charge < -0.3 is 15.5 Å². The largest absolute Gasteiger partial charge is 0.360 e. The number of carbonyl (C=O) groups excluding carboxylic acids is 2. The van der Waals surface area contributed by atoms with E-state index in [4.69, 9.17) is 0 Å². The number of aryl methyl sites for hydroxylation is 1. The molecule has 0 fully saturated rings. The maximum absolute atomic E-state index is 13.2. The molecule has 0 spiro atoms. The third-order valence-electron chi connectivity index (χ3n) is 4.01. The summed E-state index contributed by atoms with van der Waals surface area (Å²) >= 11 is 0. The summed E-state index contributed by atoms with van der Waals surface area (Å²) in [5.74, 6) is -2.89.